The molecule has 7 nitrogen and oxygen atoms in total. The monoisotopic (exact) mass is 383 g/mol. The lowest BCUT2D eigenvalue weighted by atomic mass is 10.2. The van der Waals surface area contributed by atoms with Crippen LogP contribution >= 0.6 is 11.3 Å². The molecular weight excluding hydrogens is 362 g/mol. The van der Waals surface area contributed by atoms with Crippen molar-refractivity contribution in [1.82, 2.24) is 25.0 Å². The van der Waals surface area contributed by atoms with Crippen LogP contribution in [0.15, 0.2) is 36.1 Å². The van der Waals surface area contributed by atoms with E-state index in [1.165, 1.54) is 11.3 Å². The number of thiazole rings is 1. The normalized spacial score (nSPS) is 15.1. The highest BCUT2D eigenvalue weighted by Gasteiger charge is 2.23. The molecule has 0 bridgehead atoms. The minimum Gasteiger partial charge on any atom is -0.341 e. The van der Waals surface area contributed by atoms with Gasteiger partial charge in [-0.2, -0.15) is 5.10 Å². The van der Waals surface area contributed by atoms with Crippen molar-refractivity contribution >= 4 is 33.4 Å². The Labute approximate surface area is 161 Å². The summed E-state index contributed by atoms with van der Waals surface area (Å²) in [4.78, 5) is 33.4. The van der Waals surface area contributed by atoms with E-state index in [2.05, 4.69) is 15.2 Å². The zero-order chi connectivity index (χ0) is 18.6. The average Bonchev–Trinajstić information content (AvgIpc) is 3.31. The Morgan fingerprint density at radius 1 is 1.15 bits per heavy atom. The third-order valence-corrected chi connectivity index (χ3v) is 5.69. The Morgan fingerprint density at radius 2 is 2.00 bits per heavy atom. The number of hydrogen-bond donors (Lipinski definition) is 1. The number of H-pyrrole nitrogens is 1. The molecule has 2 aromatic heterocycles. The maximum absolute atomic E-state index is 12.9. The van der Waals surface area contributed by atoms with E-state index >= 15 is 0 Å². The van der Waals surface area contributed by atoms with Crippen molar-refractivity contribution in [1.29, 1.82) is 0 Å². The van der Waals surface area contributed by atoms with E-state index in [9.17, 15) is 9.59 Å². The van der Waals surface area contributed by atoms with Gasteiger partial charge in [0.1, 0.15) is 0 Å². The van der Waals surface area contributed by atoms with E-state index < -0.39 is 0 Å². The number of aromatic nitrogens is 3. The number of amides is 2. The number of benzene rings is 1. The van der Waals surface area contributed by atoms with Crippen molar-refractivity contribution in [2.45, 2.75) is 19.3 Å². The van der Waals surface area contributed by atoms with Gasteiger partial charge in [-0.25, -0.2) is 4.98 Å². The van der Waals surface area contributed by atoms with Crippen LogP contribution in [-0.2, 0) is 11.2 Å². The first kappa shape index (κ1) is 17.7. The topological polar surface area (TPSA) is 82.2 Å². The van der Waals surface area contributed by atoms with Crippen LogP contribution in [0.3, 0.4) is 0 Å². The van der Waals surface area contributed by atoms with Crippen molar-refractivity contribution in [2.24, 2.45) is 0 Å². The number of aromatic amines is 1. The number of rotatable bonds is 4. The lowest BCUT2D eigenvalue weighted by molar-refractivity contribution is -0.131. The maximum atomic E-state index is 12.9. The van der Waals surface area contributed by atoms with Crippen molar-refractivity contribution < 1.29 is 9.59 Å². The summed E-state index contributed by atoms with van der Waals surface area (Å²) in [6.07, 6.45) is 5.51. The SMILES string of the molecule is O=C(CCc1cn[nH]c1)N1CCCN(C(=O)c2ccc3ncsc3c2)CC1. The predicted molar refractivity (Wildman–Crippen MR) is 104 cm³/mol. The highest BCUT2D eigenvalue weighted by molar-refractivity contribution is 7.16. The van der Waals surface area contributed by atoms with Gasteiger partial charge in [-0.3, -0.25) is 14.7 Å². The fourth-order valence-corrected chi connectivity index (χ4v) is 4.08. The molecule has 0 unspecified atom stereocenters. The number of carbonyl (C=O) groups is 2. The van der Waals surface area contributed by atoms with E-state index in [0.717, 1.165) is 22.2 Å². The van der Waals surface area contributed by atoms with Crippen LogP contribution in [0.1, 0.15) is 28.8 Å². The van der Waals surface area contributed by atoms with Crippen molar-refractivity contribution in [3.63, 3.8) is 0 Å². The standard InChI is InChI=1S/C19H21N5O2S/c25-18(5-2-14-11-21-22-12-14)23-6-1-7-24(9-8-23)19(26)15-3-4-16-17(10-15)27-13-20-16/h3-4,10-13H,1-2,5-9H2,(H,21,22). The molecule has 0 aliphatic carbocycles. The predicted octanol–water partition coefficient (Wildman–Crippen LogP) is 2.33. The summed E-state index contributed by atoms with van der Waals surface area (Å²) >= 11 is 1.54. The van der Waals surface area contributed by atoms with Gasteiger partial charge in [0.05, 0.1) is 21.9 Å². The van der Waals surface area contributed by atoms with E-state index in [1.807, 2.05) is 34.2 Å². The molecule has 27 heavy (non-hydrogen) atoms. The van der Waals surface area contributed by atoms with Crippen molar-refractivity contribution in [2.75, 3.05) is 26.2 Å². The molecule has 2 amide bonds. The molecule has 3 aromatic rings. The number of aryl methyl sites for hydroxylation is 1. The molecule has 140 valence electrons. The van der Waals surface area contributed by atoms with Gasteiger partial charge in [0.2, 0.25) is 5.91 Å². The van der Waals surface area contributed by atoms with Gasteiger partial charge < -0.3 is 9.80 Å². The summed E-state index contributed by atoms with van der Waals surface area (Å²) in [6, 6.07) is 5.64. The molecule has 1 fully saturated rings. The molecule has 0 atom stereocenters. The fourth-order valence-electron chi connectivity index (χ4n) is 3.36. The van der Waals surface area contributed by atoms with Crippen LogP contribution in [0.25, 0.3) is 10.2 Å². The second kappa shape index (κ2) is 7.87. The molecule has 1 aliphatic rings. The van der Waals surface area contributed by atoms with Crippen LogP contribution < -0.4 is 0 Å². The first-order chi connectivity index (χ1) is 13.2. The Morgan fingerprint density at radius 3 is 2.85 bits per heavy atom. The Hall–Kier alpha value is -2.74. The second-order valence-electron chi connectivity index (χ2n) is 6.67. The van der Waals surface area contributed by atoms with Crippen molar-refractivity contribution in [3.05, 3.63) is 47.2 Å². The van der Waals surface area contributed by atoms with Crippen LogP contribution in [0.5, 0.6) is 0 Å². The summed E-state index contributed by atoms with van der Waals surface area (Å²) < 4.78 is 1.02. The highest BCUT2D eigenvalue weighted by atomic mass is 32.1. The van der Waals surface area contributed by atoms with Gasteiger partial charge in [-0.1, -0.05) is 0 Å². The quantitative estimate of drug-likeness (QED) is 0.750. The smallest absolute Gasteiger partial charge is 0.253 e. The number of nitrogens with zero attached hydrogens (tertiary/aromatic N) is 4. The third kappa shape index (κ3) is 4.00. The summed E-state index contributed by atoms with van der Waals surface area (Å²) in [7, 11) is 0. The van der Waals surface area contributed by atoms with Crippen LogP contribution in [-0.4, -0.2) is 63.0 Å². The third-order valence-electron chi connectivity index (χ3n) is 4.90. The zero-order valence-corrected chi connectivity index (χ0v) is 15.7. The molecule has 1 N–H and O–H groups in total. The fraction of sp³-hybridized carbons (Fsp3) is 0.368. The van der Waals surface area contributed by atoms with Crippen LogP contribution in [0.4, 0.5) is 0 Å². The van der Waals surface area contributed by atoms with E-state index in [-0.39, 0.29) is 11.8 Å². The second-order valence-corrected chi connectivity index (χ2v) is 7.55. The van der Waals surface area contributed by atoms with Crippen LogP contribution in [0, 0.1) is 0 Å². The molecular formula is C19H21N5O2S. The van der Waals surface area contributed by atoms with E-state index in [4.69, 9.17) is 0 Å². The van der Waals surface area contributed by atoms with Crippen molar-refractivity contribution in [3.8, 4) is 0 Å². The molecule has 1 aliphatic heterocycles. The van der Waals surface area contributed by atoms with Gasteiger partial charge in [-0.05, 0) is 36.6 Å². The van der Waals surface area contributed by atoms with Gasteiger partial charge in [0.25, 0.3) is 5.91 Å². The summed E-state index contributed by atoms with van der Waals surface area (Å²) in [6.45, 7) is 2.52. The number of carbonyl (C=O) groups excluding carboxylic acids is 2. The van der Waals surface area contributed by atoms with Gasteiger partial charge in [0, 0.05) is 44.4 Å². The van der Waals surface area contributed by atoms with E-state index in [1.54, 1.807) is 11.7 Å². The first-order valence-corrected chi connectivity index (χ1v) is 9.96. The van der Waals surface area contributed by atoms with E-state index in [0.29, 0.717) is 44.6 Å². The molecule has 3 heterocycles. The highest BCUT2D eigenvalue weighted by Crippen LogP contribution is 2.20. The Bertz CT molecular complexity index is 937. The van der Waals surface area contributed by atoms with Gasteiger partial charge in [0.15, 0.2) is 0 Å². The molecule has 1 saturated heterocycles. The molecule has 1 aromatic carbocycles. The Kier molecular flexibility index (Phi) is 5.15. The summed E-state index contributed by atoms with van der Waals surface area (Å²) in [5, 5.41) is 6.67. The summed E-state index contributed by atoms with van der Waals surface area (Å²) in [5.41, 5.74) is 4.43. The number of nitrogens with one attached hydrogen (secondary N) is 1. The molecule has 0 saturated carbocycles. The minimum absolute atomic E-state index is 0.0259. The average molecular weight is 383 g/mol. The van der Waals surface area contributed by atoms with Gasteiger partial charge >= 0.3 is 0 Å². The number of hydrogen-bond acceptors (Lipinski definition) is 5. The largest absolute Gasteiger partial charge is 0.341 e. The summed E-state index contributed by atoms with van der Waals surface area (Å²) in [5.74, 6) is 0.162. The lowest BCUT2D eigenvalue weighted by Gasteiger charge is -2.22. The maximum Gasteiger partial charge on any atom is 0.253 e. The molecule has 0 radical (unpaired) electrons. The minimum atomic E-state index is 0.0259. The van der Waals surface area contributed by atoms with Gasteiger partial charge in [-0.15, -0.1) is 11.3 Å². The molecule has 0 spiro atoms. The Balaban J connectivity index is 1.36. The zero-order valence-electron chi connectivity index (χ0n) is 14.9. The van der Waals surface area contributed by atoms with Crippen LogP contribution in [0.2, 0.25) is 0 Å². The molecule has 8 heteroatoms. The first-order valence-electron chi connectivity index (χ1n) is 9.08. The molecule has 4 rings (SSSR count). The lowest BCUT2D eigenvalue weighted by Crippen LogP contribution is -2.37. The number of fused-ring (bicyclic) bond motifs is 1.